The van der Waals surface area contributed by atoms with Gasteiger partial charge in [0.15, 0.2) is 0 Å². The smallest absolute Gasteiger partial charge is 0.126 e. The molecule has 1 aliphatic heterocycles. The molecule has 0 unspecified atom stereocenters. The lowest BCUT2D eigenvalue weighted by Gasteiger charge is -2.30. The van der Waals surface area contributed by atoms with Gasteiger partial charge in [0.05, 0.1) is 0 Å². The highest BCUT2D eigenvalue weighted by molar-refractivity contribution is 7.26. The number of hydrogen-bond acceptors (Lipinski definition) is 0. The van der Waals surface area contributed by atoms with Crippen molar-refractivity contribution in [2.45, 2.75) is 0 Å². The molecule has 0 amide bonds. The van der Waals surface area contributed by atoms with Crippen LogP contribution in [0.15, 0.2) is 152 Å². The Morgan fingerprint density at radius 2 is 0.676 bits per heavy atom. The molecule has 174 valence electrons. The lowest BCUT2D eigenvalue weighted by atomic mass is 9.89. The first kappa shape index (κ1) is 22.8. The molecule has 0 saturated heterocycles. The van der Waals surface area contributed by atoms with Crippen LogP contribution in [-0.2, 0) is 0 Å². The topological polar surface area (TPSA) is 0 Å². The predicted molar refractivity (Wildman–Crippen MR) is 160 cm³/mol. The molecule has 1 heterocycles. The van der Waals surface area contributed by atoms with Crippen LogP contribution in [0.4, 0.5) is 0 Å². The van der Waals surface area contributed by atoms with Gasteiger partial charge in [0.25, 0.3) is 0 Å². The molecule has 0 nitrogen and oxygen atoms in total. The normalized spacial score (nSPS) is 14.5. The molecule has 0 aliphatic carbocycles. The molecule has 5 aromatic carbocycles. The Hall–Kier alpha value is -4.64. The Balaban J connectivity index is 1.86. The summed E-state index contributed by atoms with van der Waals surface area (Å²) in [5.74, 6) is 0. The Kier molecular flexibility index (Phi) is 6.03. The minimum Gasteiger partial charge on any atom is -0.126 e. The highest BCUT2D eigenvalue weighted by Crippen LogP contribution is 2.55. The third kappa shape index (κ3) is 3.80. The van der Waals surface area contributed by atoms with E-state index in [1.54, 1.807) is 0 Å². The number of hydrogen-bond donors (Lipinski definition) is 0. The van der Waals surface area contributed by atoms with Gasteiger partial charge < -0.3 is 0 Å². The molecule has 1 heteroatoms. The molecule has 0 bridgehead atoms. The summed E-state index contributed by atoms with van der Waals surface area (Å²) in [6, 6.07) is 53.8. The van der Waals surface area contributed by atoms with E-state index in [9.17, 15) is 0 Å². The predicted octanol–water partition coefficient (Wildman–Crippen LogP) is 7.83. The van der Waals surface area contributed by atoms with Crippen molar-refractivity contribution in [3.05, 3.63) is 174 Å². The van der Waals surface area contributed by atoms with E-state index in [0.717, 1.165) is 0 Å². The van der Waals surface area contributed by atoms with E-state index in [0.29, 0.717) is 0 Å². The van der Waals surface area contributed by atoms with Crippen molar-refractivity contribution in [3.8, 4) is 12.0 Å². The van der Waals surface area contributed by atoms with Gasteiger partial charge in [0, 0.05) is 0 Å². The molecule has 6 rings (SSSR count). The fraction of sp³-hybridized carbons (Fsp3) is 0. The van der Waals surface area contributed by atoms with Crippen LogP contribution in [0, 0.1) is 12.0 Å². The summed E-state index contributed by atoms with van der Waals surface area (Å²) >= 11 is 0. The van der Waals surface area contributed by atoms with Crippen LogP contribution < -0.4 is 5.19 Å². The lowest BCUT2D eigenvalue weighted by molar-refractivity contribution is 1.58. The van der Waals surface area contributed by atoms with Gasteiger partial charge >= 0.3 is 0 Å². The minimum atomic E-state index is -2.93. The average Bonchev–Trinajstić information content (AvgIpc) is 3.31. The SMILES string of the molecule is C#C[Si]1(c2ccccc2)C(c2ccccc2)=C(c2ccccc2)C(c2ccccc2)=C1c1ccccc1. The summed E-state index contributed by atoms with van der Waals surface area (Å²) in [5.41, 5.74) is 10.8. The fourth-order valence-electron chi connectivity index (χ4n) is 5.67. The maximum absolute atomic E-state index is 6.78. The Morgan fingerprint density at radius 3 is 1.00 bits per heavy atom. The molecule has 0 radical (unpaired) electrons. The van der Waals surface area contributed by atoms with Gasteiger partial charge in [-0.05, 0) is 49.0 Å². The number of allylic oxidation sites excluding steroid dienone is 2. The third-order valence-electron chi connectivity index (χ3n) is 7.17. The first-order valence-electron chi connectivity index (χ1n) is 12.6. The zero-order valence-electron chi connectivity index (χ0n) is 20.5. The van der Waals surface area contributed by atoms with Crippen LogP contribution in [0.1, 0.15) is 22.3 Å². The monoisotopic (exact) mass is 486 g/mol. The summed E-state index contributed by atoms with van der Waals surface area (Å²) in [6.45, 7) is 0. The average molecular weight is 487 g/mol. The van der Waals surface area contributed by atoms with Gasteiger partial charge in [-0.15, -0.1) is 12.0 Å². The summed E-state index contributed by atoms with van der Waals surface area (Å²) in [5, 5.41) is 3.80. The van der Waals surface area contributed by atoms with Crippen molar-refractivity contribution < 1.29 is 0 Å². The van der Waals surface area contributed by atoms with Crippen molar-refractivity contribution in [1.82, 2.24) is 0 Å². The number of rotatable bonds is 5. The van der Waals surface area contributed by atoms with E-state index in [1.165, 1.54) is 49.0 Å². The van der Waals surface area contributed by atoms with E-state index in [4.69, 9.17) is 6.42 Å². The van der Waals surface area contributed by atoms with Crippen molar-refractivity contribution in [2.24, 2.45) is 0 Å². The molecule has 5 aromatic rings. The first-order chi connectivity index (χ1) is 18.3. The van der Waals surface area contributed by atoms with Gasteiger partial charge in [0.1, 0.15) is 0 Å². The summed E-state index contributed by atoms with van der Waals surface area (Å²) < 4.78 is 0. The maximum Gasteiger partial charge on any atom is 0.231 e. The van der Waals surface area contributed by atoms with Gasteiger partial charge in [-0.3, -0.25) is 0 Å². The van der Waals surface area contributed by atoms with E-state index in [2.05, 4.69) is 157 Å². The standard InChI is InChI=1S/C36H26Si/c1-2-37(32-26-16-7-17-27-32)35(30-22-12-5-13-23-30)33(28-18-8-3-9-19-28)34(29-20-10-4-11-21-29)36(37)31-24-14-6-15-25-31/h1,3-27H. The highest BCUT2D eigenvalue weighted by atomic mass is 28.3. The lowest BCUT2D eigenvalue weighted by Crippen LogP contribution is -2.48. The second-order valence-corrected chi connectivity index (χ2v) is 12.6. The molecular weight excluding hydrogens is 460 g/mol. The zero-order valence-corrected chi connectivity index (χ0v) is 21.5. The Morgan fingerprint density at radius 1 is 0.378 bits per heavy atom. The second kappa shape index (κ2) is 9.78. The number of terminal acetylenes is 1. The molecule has 0 saturated carbocycles. The van der Waals surface area contributed by atoms with Crippen LogP contribution in [0.25, 0.3) is 21.5 Å². The van der Waals surface area contributed by atoms with Crippen LogP contribution in [-0.4, -0.2) is 8.07 Å². The van der Waals surface area contributed by atoms with E-state index >= 15 is 0 Å². The fourth-order valence-corrected chi connectivity index (χ4v) is 10.1. The van der Waals surface area contributed by atoms with Gasteiger partial charge in [-0.2, -0.15) is 0 Å². The first-order valence-corrected chi connectivity index (χ1v) is 14.6. The summed E-state index contributed by atoms with van der Waals surface area (Å²) in [6.07, 6.45) is 6.78. The second-order valence-electron chi connectivity index (χ2n) is 9.22. The quantitative estimate of drug-likeness (QED) is 0.175. The van der Waals surface area contributed by atoms with Crippen molar-refractivity contribution in [3.63, 3.8) is 0 Å². The van der Waals surface area contributed by atoms with Crippen LogP contribution in [0.3, 0.4) is 0 Å². The van der Waals surface area contributed by atoms with Gasteiger partial charge in [0.2, 0.25) is 8.07 Å². The number of benzene rings is 5. The van der Waals surface area contributed by atoms with Crippen molar-refractivity contribution >= 4 is 34.8 Å². The van der Waals surface area contributed by atoms with Gasteiger partial charge in [-0.25, -0.2) is 0 Å². The Bertz CT molecular complexity index is 1520. The molecule has 37 heavy (non-hydrogen) atoms. The van der Waals surface area contributed by atoms with E-state index in [1.807, 2.05) is 0 Å². The zero-order chi connectivity index (χ0) is 25.1. The largest absolute Gasteiger partial charge is 0.231 e. The minimum absolute atomic E-state index is 1.19. The van der Waals surface area contributed by atoms with Crippen molar-refractivity contribution in [1.29, 1.82) is 0 Å². The van der Waals surface area contributed by atoms with Crippen LogP contribution >= 0.6 is 0 Å². The van der Waals surface area contributed by atoms with E-state index in [-0.39, 0.29) is 0 Å². The van der Waals surface area contributed by atoms with E-state index < -0.39 is 8.07 Å². The van der Waals surface area contributed by atoms with Crippen LogP contribution in [0.2, 0.25) is 0 Å². The summed E-state index contributed by atoms with van der Waals surface area (Å²) in [7, 11) is -2.93. The summed E-state index contributed by atoms with van der Waals surface area (Å²) in [4.78, 5) is 0. The third-order valence-corrected chi connectivity index (χ3v) is 11.4. The molecule has 0 N–H and O–H groups in total. The Labute approximate surface area is 220 Å². The molecule has 0 aromatic heterocycles. The van der Waals surface area contributed by atoms with Crippen molar-refractivity contribution in [2.75, 3.05) is 0 Å². The van der Waals surface area contributed by atoms with Crippen LogP contribution in [0.5, 0.6) is 0 Å². The molecule has 0 fully saturated rings. The maximum atomic E-state index is 6.78. The van der Waals surface area contributed by atoms with Gasteiger partial charge in [-0.1, -0.05) is 152 Å². The molecule has 0 atom stereocenters. The molecule has 1 aliphatic rings. The molecular formula is C36H26Si. The highest BCUT2D eigenvalue weighted by Gasteiger charge is 2.51. The molecule has 0 spiro atoms.